The van der Waals surface area contributed by atoms with Crippen LogP contribution < -0.4 is 5.32 Å². The lowest BCUT2D eigenvalue weighted by Crippen LogP contribution is -2.28. The van der Waals surface area contributed by atoms with Crippen LogP contribution in [0.5, 0.6) is 0 Å². The quantitative estimate of drug-likeness (QED) is 0.827. The van der Waals surface area contributed by atoms with Crippen LogP contribution in [-0.2, 0) is 0 Å². The Morgan fingerprint density at radius 3 is 2.62 bits per heavy atom. The highest BCUT2D eigenvalue weighted by Gasteiger charge is 2.25. The van der Waals surface area contributed by atoms with Crippen molar-refractivity contribution >= 4 is 0 Å². The van der Waals surface area contributed by atoms with Gasteiger partial charge in [-0.2, -0.15) is 0 Å². The molecule has 1 aliphatic carbocycles. The SMILES string of the molecule is CCCNC(c1cncnc1)C1CCCC1. The predicted molar refractivity (Wildman–Crippen MR) is 65.0 cm³/mol. The molecule has 1 fully saturated rings. The summed E-state index contributed by atoms with van der Waals surface area (Å²) in [5.41, 5.74) is 1.25. The van der Waals surface area contributed by atoms with E-state index in [1.54, 1.807) is 6.33 Å². The summed E-state index contributed by atoms with van der Waals surface area (Å²) < 4.78 is 0. The van der Waals surface area contributed by atoms with Gasteiger partial charge in [0, 0.05) is 24.0 Å². The fraction of sp³-hybridized carbons (Fsp3) is 0.692. The van der Waals surface area contributed by atoms with Crippen LogP contribution in [0.1, 0.15) is 50.6 Å². The molecule has 0 amide bonds. The second-order valence-electron chi connectivity index (χ2n) is 4.65. The second-order valence-corrected chi connectivity index (χ2v) is 4.65. The van der Waals surface area contributed by atoms with Crippen LogP contribution in [0.2, 0.25) is 0 Å². The van der Waals surface area contributed by atoms with Crippen LogP contribution in [0.25, 0.3) is 0 Å². The van der Waals surface area contributed by atoms with Crippen LogP contribution in [0.4, 0.5) is 0 Å². The van der Waals surface area contributed by atoms with E-state index >= 15 is 0 Å². The lowest BCUT2D eigenvalue weighted by Gasteiger charge is -2.24. The first kappa shape index (κ1) is 11.5. The highest BCUT2D eigenvalue weighted by atomic mass is 14.9. The molecule has 1 aromatic heterocycles. The topological polar surface area (TPSA) is 37.8 Å². The summed E-state index contributed by atoms with van der Waals surface area (Å²) >= 11 is 0. The van der Waals surface area contributed by atoms with Crippen molar-refractivity contribution in [2.45, 2.75) is 45.1 Å². The van der Waals surface area contributed by atoms with Crippen molar-refractivity contribution in [3.8, 4) is 0 Å². The molecule has 2 rings (SSSR count). The van der Waals surface area contributed by atoms with Crippen LogP contribution in [0.3, 0.4) is 0 Å². The molecule has 1 aliphatic rings. The molecule has 1 atom stereocenters. The number of rotatable bonds is 5. The monoisotopic (exact) mass is 219 g/mol. The molecular formula is C13H21N3. The molecule has 0 saturated heterocycles. The smallest absolute Gasteiger partial charge is 0.115 e. The van der Waals surface area contributed by atoms with E-state index in [9.17, 15) is 0 Å². The molecular weight excluding hydrogens is 198 g/mol. The summed E-state index contributed by atoms with van der Waals surface area (Å²) in [7, 11) is 0. The Labute approximate surface area is 97.7 Å². The maximum atomic E-state index is 4.13. The summed E-state index contributed by atoms with van der Waals surface area (Å²) in [6.45, 7) is 3.29. The molecule has 1 N–H and O–H groups in total. The van der Waals surface area contributed by atoms with E-state index in [0.717, 1.165) is 12.5 Å². The highest BCUT2D eigenvalue weighted by Crippen LogP contribution is 2.35. The van der Waals surface area contributed by atoms with Crippen molar-refractivity contribution < 1.29 is 0 Å². The third-order valence-corrected chi connectivity index (χ3v) is 3.43. The van der Waals surface area contributed by atoms with Gasteiger partial charge in [-0.05, 0) is 31.7 Å². The Morgan fingerprint density at radius 2 is 2.00 bits per heavy atom. The van der Waals surface area contributed by atoms with Gasteiger partial charge in [-0.3, -0.25) is 0 Å². The molecule has 3 nitrogen and oxygen atoms in total. The van der Waals surface area contributed by atoms with E-state index in [1.165, 1.54) is 37.7 Å². The van der Waals surface area contributed by atoms with Crippen molar-refractivity contribution in [3.63, 3.8) is 0 Å². The lowest BCUT2D eigenvalue weighted by atomic mass is 9.93. The van der Waals surface area contributed by atoms with Crippen molar-refractivity contribution in [2.75, 3.05) is 6.54 Å². The highest BCUT2D eigenvalue weighted by molar-refractivity contribution is 5.11. The molecule has 1 heterocycles. The lowest BCUT2D eigenvalue weighted by molar-refractivity contribution is 0.366. The number of nitrogens with one attached hydrogen (secondary N) is 1. The summed E-state index contributed by atoms with van der Waals surface area (Å²) in [6, 6.07) is 0.462. The molecule has 1 unspecified atom stereocenters. The van der Waals surface area contributed by atoms with Crippen molar-refractivity contribution in [3.05, 3.63) is 24.3 Å². The van der Waals surface area contributed by atoms with Crippen LogP contribution >= 0.6 is 0 Å². The van der Waals surface area contributed by atoms with Crippen molar-refractivity contribution in [1.29, 1.82) is 0 Å². The standard InChI is InChI=1S/C13H21N3/c1-2-7-16-13(11-5-3-4-6-11)12-8-14-10-15-9-12/h8-11,13,16H,2-7H2,1H3. The van der Waals surface area contributed by atoms with Gasteiger partial charge in [0.2, 0.25) is 0 Å². The molecule has 1 saturated carbocycles. The summed E-state index contributed by atoms with van der Waals surface area (Å²) in [5.74, 6) is 0.776. The van der Waals surface area contributed by atoms with Gasteiger partial charge < -0.3 is 5.32 Å². The van der Waals surface area contributed by atoms with Crippen molar-refractivity contribution in [1.82, 2.24) is 15.3 Å². The minimum atomic E-state index is 0.462. The average molecular weight is 219 g/mol. The maximum absolute atomic E-state index is 4.13. The van der Waals surface area contributed by atoms with E-state index in [1.807, 2.05) is 12.4 Å². The minimum Gasteiger partial charge on any atom is -0.310 e. The molecule has 0 aliphatic heterocycles. The Balaban J connectivity index is 2.07. The van der Waals surface area contributed by atoms with E-state index in [4.69, 9.17) is 0 Å². The third kappa shape index (κ3) is 2.79. The van der Waals surface area contributed by atoms with Crippen LogP contribution in [0, 0.1) is 5.92 Å². The first-order chi connectivity index (χ1) is 7.92. The van der Waals surface area contributed by atoms with E-state index in [2.05, 4.69) is 22.2 Å². The zero-order valence-electron chi connectivity index (χ0n) is 10.0. The molecule has 0 bridgehead atoms. The zero-order valence-corrected chi connectivity index (χ0v) is 10.0. The Hall–Kier alpha value is -0.960. The minimum absolute atomic E-state index is 0.462. The molecule has 88 valence electrons. The molecule has 0 spiro atoms. The van der Waals surface area contributed by atoms with Gasteiger partial charge >= 0.3 is 0 Å². The van der Waals surface area contributed by atoms with Crippen LogP contribution in [0.15, 0.2) is 18.7 Å². The summed E-state index contributed by atoms with van der Waals surface area (Å²) in [5, 5.41) is 3.65. The molecule has 0 aromatic carbocycles. The third-order valence-electron chi connectivity index (χ3n) is 3.43. The van der Waals surface area contributed by atoms with E-state index in [-0.39, 0.29) is 0 Å². The Bertz CT molecular complexity index is 293. The molecule has 1 aromatic rings. The predicted octanol–water partition coefficient (Wildman–Crippen LogP) is 2.71. The van der Waals surface area contributed by atoms with Gasteiger partial charge in [0.15, 0.2) is 0 Å². The summed E-state index contributed by atoms with van der Waals surface area (Å²) in [4.78, 5) is 8.27. The maximum Gasteiger partial charge on any atom is 0.115 e. The number of aromatic nitrogens is 2. The van der Waals surface area contributed by atoms with E-state index in [0.29, 0.717) is 6.04 Å². The number of hydrogen-bond acceptors (Lipinski definition) is 3. The van der Waals surface area contributed by atoms with Gasteiger partial charge in [-0.25, -0.2) is 9.97 Å². The Morgan fingerprint density at radius 1 is 1.31 bits per heavy atom. The first-order valence-corrected chi connectivity index (χ1v) is 6.40. The van der Waals surface area contributed by atoms with Gasteiger partial charge in [0.25, 0.3) is 0 Å². The number of nitrogens with zero attached hydrogens (tertiary/aromatic N) is 2. The molecule has 16 heavy (non-hydrogen) atoms. The van der Waals surface area contributed by atoms with Crippen LogP contribution in [-0.4, -0.2) is 16.5 Å². The van der Waals surface area contributed by atoms with E-state index < -0.39 is 0 Å². The number of hydrogen-bond donors (Lipinski definition) is 1. The summed E-state index contributed by atoms with van der Waals surface area (Å²) in [6.07, 6.45) is 12.1. The normalized spacial score (nSPS) is 18.8. The zero-order chi connectivity index (χ0) is 11.2. The second kappa shape index (κ2) is 5.94. The first-order valence-electron chi connectivity index (χ1n) is 6.40. The fourth-order valence-electron chi connectivity index (χ4n) is 2.62. The van der Waals surface area contributed by atoms with Gasteiger partial charge in [0.05, 0.1) is 0 Å². The van der Waals surface area contributed by atoms with Crippen molar-refractivity contribution in [2.24, 2.45) is 5.92 Å². The molecule has 3 heteroatoms. The largest absolute Gasteiger partial charge is 0.310 e. The Kier molecular flexibility index (Phi) is 4.28. The van der Waals surface area contributed by atoms with Gasteiger partial charge in [0.1, 0.15) is 6.33 Å². The average Bonchev–Trinajstić information content (AvgIpc) is 2.85. The fourth-order valence-corrected chi connectivity index (χ4v) is 2.62. The molecule has 0 radical (unpaired) electrons. The van der Waals surface area contributed by atoms with Gasteiger partial charge in [-0.15, -0.1) is 0 Å². The van der Waals surface area contributed by atoms with Gasteiger partial charge in [-0.1, -0.05) is 19.8 Å².